The summed E-state index contributed by atoms with van der Waals surface area (Å²) in [6.45, 7) is 1.68. The highest BCUT2D eigenvalue weighted by atomic mass is 35.5. The molecule has 0 saturated carbocycles. The number of aromatic nitrogens is 2. The standard InChI is InChI=1S/C19H15ClF3N3O3/c1-10-5-6-12(13(8-10)19(21,22)23)16-25-15(18(27)28-2)14(20)17(26-16)24-9-11-4-3-7-29-11/h3-8H,9H2,1-2H3,(H,24,25,26). The number of nitrogens with zero attached hydrogens (tertiary/aromatic N) is 2. The van der Waals surface area contributed by atoms with Gasteiger partial charge in [-0.05, 0) is 25.1 Å². The van der Waals surface area contributed by atoms with E-state index in [1.54, 1.807) is 12.1 Å². The number of ether oxygens (including phenoxy) is 1. The van der Waals surface area contributed by atoms with Crippen LogP contribution in [0.4, 0.5) is 19.0 Å². The Balaban J connectivity index is 2.14. The first-order valence-electron chi connectivity index (χ1n) is 8.31. The molecule has 2 heterocycles. The molecule has 152 valence electrons. The Morgan fingerprint density at radius 1 is 1.28 bits per heavy atom. The molecule has 0 aliphatic rings. The fourth-order valence-electron chi connectivity index (χ4n) is 2.59. The van der Waals surface area contributed by atoms with Crippen LogP contribution in [0.5, 0.6) is 0 Å². The average Bonchev–Trinajstić information content (AvgIpc) is 3.19. The lowest BCUT2D eigenvalue weighted by Crippen LogP contribution is -2.13. The number of furan rings is 1. The number of carbonyl (C=O) groups is 1. The van der Waals surface area contributed by atoms with Crippen LogP contribution >= 0.6 is 11.6 Å². The molecule has 0 spiro atoms. The SMILES string of the molecule is COC(=O)c1nc(-c2ccc(C)cc2C(F)(F)F)nc(NCc2ccco2)c1Cl. The number of hydrogen-bond acceptors (Lipinski definition) is 6. The molecular weight excluding hydrogens is 411 g/mol. The molecule has 0 aliphatic carbocycles. The highest BCUT2D eigenvalue weighted by molar-refractivity contribution is 6.35. The summed E-state index contributed by atoms with van der Waals surface area (Å²) in [5, 5.41) is 2.68. The predicted molar refractivity (Wildman–Crippen MR) is 99.6 cm³/mol. The van der Waals surface area contributed by atoms with E-state index in [0.717, 1.165) is 13.2 Å². The summed E-state index contributed by atoms with van der Waals surface area (Å²) in [7, 11) is 1.11. The zero-order chi connectivity index (χ0) is 21.2. The Bertz CT molecular complexity index is 1040. The highest BCUT2D eigenvalue weighted by Crippen LogP contribution is 2.38. The third-order valence-corrected chi connectivity index (χ3v) is 4.32. The minimum absolute atomic E-state index is 0.0258. The van der Waals surface area contributed by atoms with E-state index in [9.17, 15) is 18.0 Å². The van der Waals surface area contributed by atoms with Gasteiger partial charge in [0.2, 0.25) is 0 Å². The van der Waals surface area contributed by atoms with Crippen LogP contribution in [0.25, 0.3) is 11.4 Å². The van der Waals surface area contributed by atoms with Gasteiger partial charge in [-0.2, -0.15) is 13.2 Å². The molecule has 0 amide bonds. The minimum Gasteiger partial charge on any atom is -0.467 e. The number of nitrogens with one attached hydrogen (secondary N) is 1. The predicted octanol–water partition coefficient (Wildman–Crippen LogP) is 5.12. The van der Waals surface area contributed by atoms with Gasteiger partial charge in [-0.3, -0.25) is 0 Å². The third-order valence-electron chi connectivity index (χ3n) is 3.96. The van der Waals surface area contributed by atoms with Gasteiger partial charge >= 0.3 is 12.1 Å². The summed E-state index contributed by atoms with van der Waals surface area (Å²) >= 11 is 6.20. The maximum Gasteiger partial charge on any atom is 0.417 e. The normalized spacial score (nSPS) is 11.4. The van der Waals surface area contributed by atoms with E-state index in [1.807, 2.05) is 0 Å². The van der Waals surface area contributed by atoms with Crippen LogP contribution < -0.4 is 5.32 Å². The maximum absolute atomic E-state index is 13.6. The number of anilines is 1. The average molecular weight is 426 g/mol. The molecule has 0 fully saturated rings. The second-order valence-corrected chi connectivity index (χ2v) is 6.41. The zero-order valence-electron chi connectivity index (χ0n) is 15.3. The number of halogens is 4. The largest absolute Gasteiger partial charge is 0.467 e. The fraction of sp³-hybridized carbons (Fsp3) is 0.211. The van der Waals surface area contributed by atoms with E-state index >= 15 is 0 Å². The number of esters is 1. The van der Waals surface area contributed by atoms with Crippen LogP contribution in [0.3, 0.4) is 0 Å². The lowest BCUT2D eigenvalue weighted by atomic mass is 10.0. The van der Waals surface area contributed by atoms with Crippen LogP contribution in [-0.2, 0) is 17.5 Å². The number of methoxy groups -OCH3 is 1. The molecule has 3 rings (SSSR count). The van der Waals surface area contributed by atoms with Gasteiger partial charge in [-0.1, -0.05) is 29.3 Å². The van der Waals surface area contributed by atoms with Gasteiger partial charge in [0.15, 0.2) is 11.5 Å². The first-order valence-corrected chi connectivity index (χ1v) is 8.69. The molecule has 0 bridgehead atoms. The summed E-state index contributed by atoms with van der Waals surface area (Å²) in [5.74, 6) is -0.709. The lowest BCUT2D eigenvalue weighted by Gasteiger charge is -2.15. The monoisotopic (exact) mass is 425 g/mol. The van der Waals surface area contributed by atoms with E-state index in [1.165, 1.54) is 25.3 Å². The van der Waals surface area contributed by atoms with Crippen molar-refractivity contribution in [1.82, 2.24) is 9.97 Å². The molecule has 0 aliphatic heterocycles. The molecule has 6 nitrogen and oxygen atoms in total. The number of alkyl halides is 3. The summed E-state index contributed by atoms with van der Waals surface area (Å²) in [6.07, 6.45) is -3.18. The number of hydrogen-bond donors (Lipinski definition) is 1. The topological polar surface area (TPSA) is 77.2 Å². The van der Waals surface area contributed by atoms with Crippen molar-refractivity contribution in [2.45, 2.75) is 19.6 Å². The molecule has 3 aromatic rings. The van der Waals surface area contributed by atoms with Crippen molar-refractivity contribution in [3.63, 3.8) is 0 Å². The van der Waals surface area contributed by atoms with Crippen molar-refractivity contribution in [1.29, 1.82) is 0 Å². The van der Waals surface area contributed by atoms with Crippen LogP contribution in [0, 0.1) is 6.92 Å². The summed E-state index contributed by atoms with van der Waals surface area (Å²) in [5.41, 5.74) is -1.15. The van der Waals surface area contributed by atoms with E-state index in [4.69, 9.17) is 16.0 Å². The van der Waals surface area contributed by atoms with Crippen LogP contribution in [-0.4, -0.2) is 23.0 Å². The minimum atomic E-state index is -4.64. The van der Waals surface area contributed by atoms with Crippen molar-refractivity contribution >= 4 is 23.4 Å². The second-order valence-electron chi connectivity index (χ2n) is 6.03. The molecule has 0 radical (unpaired) electrons. The van der Waals surface area contributed by atoms with E-state index in [-0.39, 0.29) is 34.5 Å². The van der Waals surface area contributed by atoms with Crippen molar-refractivity contribution in [3.05, 3.63) is 64.2 Å². The molecule has 0 saturated heterocycles. The van der Waals surface area contributed by atoms with Gasteiger partial charge in [-0.15, -0.1) is 0 Å². The Morgan fingerprint density at radius 2 is 2.03 bits per heavy atom. The van der Waals surface area contributed by atoms with Crippen molar-refractivity contribution in [2.24, 2.45) is 0 Å². The summed E-state index contributed by atoms with van der Waals surface area (Å²) in [4.78, 5) is 20.1. The molecule has 2 aromatic heterocycles. The number of benzene rings is 1. The number of carbonyl (C=O) groups excluding carboxylic acids is 1. The molecule has 29 heavy (non-hydrogen) atoms. The number of rotatable bonds is 5. The second kappa shape index (κ2) is 8.12. The van der Waals surface area contributed by atoms with Crippen molar-refractivity contribution in [2.75, 3.05) is 12.4 Å². The van der Waals surface area contributed by atoms with Gasteiger partial charge in [0, 0.05) is 5.56 Å². The van der Waals surface area contributed by atoms with Gasteiger partial charge in [0.1, 0.15) is 16.6 Å². The summed E-state index contributed by atoms with van der Waals surface area (Å²) in [6, 6.07) is 7.09. The Kier molecular flexibility index (Phi) is 5.78. The van der Waals surface area contributed by atoms with Crippen LogP contribution in [0.1, 0.15) is 27.4 Å². The quantitative estimate of drug-likeness (QED) is 0.572. The third kappa shape index (κ3) is 4.51. The smallest absolute Gasteiger partial charge is 0.417 e. The van der Waals surface area contributed by atoms with E-state index in [0.29, 0.717) is 11.3 Å². The molecular formula is C19H15ClF3N3O3. The Morgan fingerprint density at radius 3 is 2.66 bits per heavy atom. The summed E-state index contributed by atoms with van der Waals surface area (Å²) < 4.78 is 50.5. The Hall–Kier alpha value is -3.07. The fourth-order valence-corrected chi connectivity index (χ4v) is 2.82. The lowest BCUT2D eigenvalue weighted by molar-refractivity contribution is -0.137. The van der Waals surface area contributed by atoms with Gasteiger partial charge in [-0.25, -0.2) is 14.8 Å². The molecule has 0 unspecified atom stereocenters. The molecule has 1 aromatic carbocycles. The molecule has 1 N–H and O–H groups in total. The van der Waals surface area contributed by atoms with Crippen molar-refractivity contribution < 1.29 is 27.1 Å². The maximum atomic E-state index is 13.6. The first kappa shape index (κ1) is 20.7. The van der Waals surface area contributed by atoms with Crippen LogP contribution in [0.15, 0.2) is 41.0 Å². The van der Waals surface area contributed by atoms with Crippen LogP contribution in [0.2, 0.25) is 5.02 Å². The molecule has 10 heteroatoms. The zero-order valence-corrected chi connectivity index (χ0v) is 16.1. The van der Waals surface area contributed by atoms with Crippen molar-refractivity contribution in [3.8, 4) is 11.4 Å². The van der Waals surface area contributed by atoms with E-state index < -0.39 is 17.7 Å². The van der Waals surface area contributed by atoms with Gasteiger partial charge < -0.3 is 14.5 Å². The van der Waals surface area contributed by atoms with Gasteiger partial charge in [0.05, 0.1) is 25.5 Å². The Labute approximate surface area is 168 Å². The highest BCUT2D eigenvalue weighted by Gasteiger charge is 2.35. The molecule has 0 atom stereocenters. The van der Waals surface area contributed by atoms with E-state index in [2.05, 4.69) is 20.0 Å². The van der Waals surface area contributed by atoms with Gasteiger partial charge in [0.25, 0.3) is 0 Å². The number of aryl methyl sites for hydroxylation is 1. The first-order chi connectivity index (χ1) is 13.7.